The van der Waals surface area contributed by atoms with Crippen LogP contribution in [0.4, 0.5) is 0 Å². The van der Waals surface area contributed by atoms with E-state index in [4.69, 9.17) is 5.73 Å². The molecular weight excluding hydrogens is 122 g/mol. The van der Waals surface area contributed by atoms with Crippen LogP contribution in [-0.4, -0.2) is 5.54 Å². The van der Waals surface area contributed by atoms with Crippen LogP contribution in [-0.2, 0) is 0 Å². The molecular formula is C9H15N. The van der Waals surface area contributed by atoms with Crippen molar-refractivity contribution in [2.24, 2.45) is 11.7 Å². The highest BCUT2D eigenvalue weighted by Gasteiger charge is 2.39. The predicted octanol–water partition coefficient (Wildman–Crippen LogP) is 1.83. The molecule has 0 amide bonds. The van der Waals surface area contributed by atoms with Gasteiger partial charge in [-0.2, -0.15) is 0 Å². The summed E-state index contributed by atoms with van der Waals surface area (Å²) in [6, 6.07) is 0. The normalized spacial score (nSPS) is 29.3. The minimum Gasteiger partial charge on any atom is -0.325 e. The molecule has 0 heterocycles. The zero-order valence-corrected chi connectivity index (χ0v) is 6.34. The number of hydrogen-bond donors (Lipinski definition) is 1. The molecule has 56 valence electrons. The van der Waals surface area contributed by atoms with Crippen molar-refractivity contribution in [2.45, 2.75) is 37.6 Å². The highest BCUT2D eigenvalue weighted by molar-refractivity contribution is 5.04. The highest BCUT2D eigenvalue weighted by atomic mass is 14.8. The molecule has 0 unspecified atom stereocenters. The molecule has 0 atom stereocenters. The van der Waals surface area contributed by atoms with Gasteiger partial charge < -0.3 is 5.73 Å². The van der Waals surface area contributed by atoms with E-state index in [1.54, 1.807) is 0 Å². The second kappa shape index (κ2) is 2.09. The van der Waals surface area contributed by atoms with Crippen molar-refractivity contribution in [1.29, 1.82) is 0 Å². The van der Waals surface area contributed by atoms with Crippen molar-refractivity contribution >= 4 is 0 Å². The summed E-state index contributed by atoms with van der Waals surface area (Å²) in [7, 11) is 0. The minimum atomic E-state index is 0.274. The largest absolute Gasteiger partial charge is 0.325 e. The summed E-state index contributed by atoms with van der Waals surface area (Å²) in [4.78, 5) is 0. The maximum atomic E-state index is 6.00. The van der Waals surface area contributed by atoms with Crippen LogP contribution in [0.25, 0.3) is 0 Å². The van der Waals surface area contributed by atoms with E-state index in [-0.39, 0.29) is 5.54 Å². The van der Waals surface area contributed by atoms with Crippen molar-refractivity contribution < 1.29 is 0 Å². The number of hydrogen-bond acceptors (Lipinski definition) is 1. The van der Waals surface area contributed by atoms with Gasteiger partial charge in [0.05, 0.1) is 0 Å². The number of allylic oxidation sites excluding steroid dienone is 2. The molecule has 1 heteroatoms. The molecule has 1 saturated carbocycles. The molecule has 0 aromatic heterocycles. The first-order chi connectivity index (χ1) is 4.79. The molecule has 2 N–H and O–H groups in total. The Bertz CT molecular complexity index is 148. The smallest absolute Gasteiger partial charge is 0.0158 e. The molecule has 2 aliphatic rings. The second-order valence-corrected chi connectivity index (χ2v) is 3.88. The lowest BCUT2D eigenvalue weighted by Gasteiger charge is -2.13. The molecule has 10 heavy (non-hydrogen) atoms. The SMILES string of the molecule is NC1(CC2CC=CC2)CC1. The summed E-state index contributed by atoms with van der Waals surface area (Å²) in [6.45, 7) is 0. The fourth-order valence-electron chi connectivity index (χ4n) is 1.78. The Morgan fingerprint density at radius 2 is 1.90 bits per heavy atom. The maximum absolute atomic E-state index is 6.00. The summed E-state index contributed by atoms with van der Waals surface area (Å²) in [6.07, 6.45) is 10.9. The van der Waals surface area contributed by atoms with E-state index in [0.29, 0.717) is 0 Å². The van der Waals surface area contributed by atoms with E-state index in [0.717, 1.165) is 5.92 Å². The molecule has 0 aromatic carbocycles. The first-order valence-corrected chi connectivity index (χ1v) is 4.22. The number of nitrogens with two attached hydrogens (primary N) is 1. The van der Waals surface area contributed by atoms with Crippen molar-refractivity contribution in [2.75, 3.05) is 0 Å². The zero-order valence-electron chi connectivity index (χ0n) is 6.34. The highest BCUT2D eigenvalue weighted by Crippen LogP contribution is 2.40. The van der Waals surface area contributed by atoms with Gasteiger partial charge in [0.15, 0.2) is 0 Å². The van der Waals surface area contributed by atoms with Gasteiger partial charge in [-0.3, -0.25) is 0 Å². The van der Waals surface area contributed by atoms with Crippen LogP contribution in [0.2, 0.25) is 0 Å². The molecule has 0 bridgehead atoms. The standard InChI is InChI=1S/C9H15N/c10-9(5-6-9)7-8-3-1-2-4-8/h1-2,8H,3-7,10H2. The van der Waals surface area contributed by atoms with Gasteiger partial charge >= 0.3 is 0 Å². The molecule has 0 spiro atoms. The van der Waals surface area contributed by atoms with Crippen LogP contribution in [0.3, 0.4) is 0 Å². The fourth-order valence-corrected chi connectivity index (χ4v) is 1.78. The van der Waals surface area contributed by atoms with Gasteiger partial charge in [0.2, 0.25) is 0 Å². The lowest BCUT2D eigenvalue weighted by Crippen LogP contribution is -2.24. The lowest BCUT2D eigenvalue weighted by molar-refractivity contribution is 0.443. The zero-order chi connectivity index (χ0) is 7.03. The summed E-state index contributed by atoms with van der Waals surface area (Å²) < 4.78 is 0. The monoisotopic (exact) mass is 137 g/mol. The average Bonchev–Trinajstić information content (AvgIpc) is 2.47. The van der Waals surface area contributed by atoms with E-state index in [1.165, 1.54) is 32.1 Å². The van der Waals surface area contributed by atoms with Crippen LogP contribution < -0.4 is 5.73 Å². The summed E-state index contributed by atoms with van der Waals surface area (Å²) in [5.74, 6) is 0.882. The Balaban J connectivity index is 1.80. The summed E-state index contributed by atoms with van der Waals surface area (Å²) in [5.41, 5.74) is 6.27. The third-order valence-electron chi connectivity index (χ3n) is 2.69. The molecule has 2 rings (SSSR count). The van der Waals surface area contributed by atoms with E-state index in [1.807, 2.05) is 0 Å². The Morgan fingerprint density at radius 1 is 1.30 bits per heavy atom. The third kappa shape index (κ3) is 1.24. The van der Waals surface area contributed by atoms with E-state index < -0.39 is 0 Å². The minimum absolute atomic E-state index is 0.274. The Kier molecular flexibility index (Phi) is 1.34. The molecule has 0 aromatic rings. The van der Waals surface area contributed by atoms with E-state index in [9.17, 15) is 0 Å². The predicted molar refractivity (Wildman–Crippen MR) is 42.6 cm³/mol. The maximum Gasteiger partial charge on any atom is 0.0158 e. The lowest BCUT2D eigenvalue weighted by atomic mass is 9.97. The second-order valence-electron chi connectivity index (χ2n) is 3.88. The van der Waals surface area contributed by atoms with Crippen LogP contribution in [0.15, 0.2) is 12.2 Å². The van der Waals surface area contributed by atoms with Gasteiger partial charge in [0, 0.05) is 5.54 Å². The van der Waals surface area contributed by atoms with Crippen molar-refractivity contribution in [3.8, 4) is 0 Å². The topological polar surface area (TPSA) is 26.0 Å². The van der Waals surface area contributed by atoms with Crippen LogP contribution in [0, 0.1) is 5.92 Å². The van der Waals surface area contributed by atoms with Gasteiger partial charge in [0.1, 0.15) is 0 Å². The van der Waals surface area contributed by atoms with Crippen molar-refractivity contribution in [3.05, 3.63) is 12.2 Å². The molecule has 1 nitrogen and oxygen atoms in total. The van der Waals surface area contributed by atoms with Crippen molar-refractivity contribution in [3.63, 3.8) is 0 Å². The van der Waals surface area contributed by atoms with Crippen molar-refractivity contribution in [1.82, 2.24) is 0 Å². The summed E-state index contributed by atoms with van der Waals surface area (Å²) in [5, 5.41) is 0. The van der Waals surface area contributed by atoms with Gasteiger partial charge in [-0.15, -0.1) is 0 Å². The first-order valence-electron chi connectivity index (χ1n) is 4.22. The molecule has 0 aliphatic heterocycles. The van der Waals surface area contributed by atoms with E-state index in [2.05, 4.69) is 12.2 Å². The van der Waals surface area contributed by atoms with Gasteiger partial charge in [0.25, 0.3) is 0 Å². The van der Waals surface area contributed by atoms with E-state index >= 15 is 0 Å². The van der Waals surface area contributed by atoms with Gasteiger partial charge in [-0.25, -0.2) is 0 Å². The van der Waals surface area contributed by atoms with Crippen LogP contribution in [0.1, 0.15) is 32.1 Å². The van der Waals surface area contributed by atoms with Gasteiger partial charge in [-0.05, 0) is 38.0 Å². The average molecular weight is 137 g/mol. The Labute approximate surface area is 62.3 Å². The Morgan fingerprint density at radius 3 is 2.40 bits per heavy atom. The summed E-state index contributed by atoms with van der Waals surface area (Å²) >= 11 is 0. The fraction of sp³-hybridized carbons (Fsp3) is 0.778. The molecule has 2 aliphatic carbocycles. The Hall–Kier alpha value is -0.300. The van der Waals surface area contributed by atoms with Crippen LogP contribution >= 0.6 is 0 Å². The molecule has 0 saturated heterocycles. The first kappa shape index (κ1) is 6.41. The quantitative estimate of drug-likeness (QED) is 0.577. The number of rotatable bonds is 2. The van der Waals surface area contributed by atoms with Gasteiger partial charge in [-0.1, -0.05) is 12.2 Å². The molecule has 0 radical (unpaired) electrons. The third-order valence-corrected chi connectivity index (χ3v) is 2.69. The van der Waals surface area contributed by atoms with Crippen LogP contribution in [0.5, 0.6) is 0 Å². The molecule has 1 fully saturated rings.